The van der Waals surface area contributed by atoms with Gasteiger partial charge in [-0.15, -0.1) is 0 Å². The first-order chi connectivity index (χ1) is 13.3. The van der Waals surface area contributed by atoms with Gasteiger partial charge in [0.1, 0.15) is 5.75 Å². The van der Waals surface area contributed by atoms with E-state index in [2.05, 4.69) is 11.4 Å². The van der Waals surface area contributed by atoms with E-state index in [-0.39, 0.29) is 18.9 Å². The Morgan fingerprint density at radius 2 is 2.00 bits per heavy atom. The van der Waals surface area contributed by atoms with E-state index in [0.717, 1.165) is 17.4 Å². The fourth-order valence-corrected chi connectivity index (χ4v) is 3.98. The second kappa shape index (κ2) is 7.90. The Balaban J connectivity index is 1.81. The van der Waals surface area contributed by atoms with Crippen LogP contribution in [0.4, 0.5) is 11.4 Å². The zero-order valence-corrected chi connectivity index (χ0v) is 16.5. The molecule has 1 atom stereocenters. The van der Waals surface area contributed by atoms with E-state index in [0.29, 0.717) is 23.5 Å². The van der Waals surface area contributed by atoms with Crippen molar-refractivity contribution in [1.82, 2.24) is 0 Å². The van der Waals surface area contributed by atoms with E-state index in [1.54, 1.807) is 36.4 Å². The normalized spacial score (nSPS) is 16.3. The topological polar surface area (TPSA) is 99.5 Å². The molecule has 1 amide bonds. The highest BCUT2D eigenvalue weighted by Gasteiger charge is 2.31. The molecule has 0 aliphatic carbocycles. The lowest BCUT2D eigenvalue weighted by Crippen LogP contribution is -2.35. The third-order valence-corrected chi connectivity index (χ3v) is 5.62. The van der Waals surface area contributed by atoms with Gasteiger partial charge in [0.25, 0.3) is 5.91 Å². The number of aryl methyl sites for hydroxylation is 1. The molecule has 1 heterocycles. The van der Waals surface area contributed by atoms with Crippen molar-refractivity contribution in [3.05, 3.63) is 53.6 Å². The van der Waals surface area contributed by atoms with Crippen molar-refractivity contribution < 1.29 is 17.9 Å². The monoisotopic (exact) mass is 399 g/mol. The number of ether oxygens (including phenoxy) is 1. The molecule has 0 spiro atoms. The summed E-state index contributed by atoms with van der Waals surface area (Å²) in [4.78, 5) is 12.7. The van der Waals surface area contributed by atoms with Gasteiger partial charge >= 0.3 is 0 Å². The van der Waals surface area contributed by atoms with Gasteiger partial charge in [0.2, 0.25) is 10.0 Å². The first-order valence-corrected chi connectivity index (χ1v) is 10.6. The lowest BCUT2D eigenvalue weighted by Gasteiger charge is -2.21. The van der Waals surface area contributed by atoms with Gasteiger partial charge in [-0.1, -0.05) is 18.2 Å². The van der Waals surface area contributed by atoms with Crippen LogP contribution in [0.3, 0.4) is 0 Å². The predicted octanol–water partition coefficient (Wildman–Crippen LogP) is 2.62. The van der Waals surface area contributed by atoms with Gasteiger partial charge < -0.3 is 10.1 Å². The number of nitriles is 1. The maximum atomic E-state index is 12.7. The van der Waals surface area contributed by atoms with Gasteiger partial charge in [0.05, 0.1) is 24.4 Å². The quantitative estimate of drug-likeness (QED) is 0.852. The number of nitrogens with zero attached hydrogens (tertiary/aromatic N) is 2. The summed E-state index contributed by atoms with van der Waals surface area (Å²) in [5.74, 6) is 0.00736. The molecule has 0 saturated heterocycles. The van der Waals surface area contributed by atoms with E-state index in [1.165, 1.54) is 4.31 Å². The highest BCUT2D eigenvalue weighted by atomic mass is 32.2. The summed E-state index contributed by atoms with van der Waals surface area (Å²) in [6, 6.07) is 14.3. The molecule has 2 aromatic carbocycles. The largest absolute Gasteiger partial charge is 0.478 e. The summed E-state index contributed by atoms with van der Waals surface area (Å²) in [5.41, 5.74) is 2.79. The Bertz CT molecular complexity index is 1030. The number of rotatable bonds is 4. The molecule has 2 aromatic rings. The van der Waals surface area contributed by atoms with Gasteiger partial charge in [0.15, 0.2) is 6.10 Å². The summed E-state index contributed by atoms with van der Waals surface area (Å²) < 4.78 is 31.6. The highest BCUT2D eigenvalue weighted by Crippen LogP contribution is 2.35. The Hall–Kier alpha value is -3.05. The number of anilines is 2. The van der Waals surface area contributed by atoms with Crippen molar-refractivity contribution >= 4 is 27.3 Å². The van der Waals surface area contributed by atoms with E-state index in [1.807, 2.05) is 13.0 Å². The van der Waals surface area contributed by atoms with Gasteiger partial charge in [-0.25, -0.2) is 8.42 Å². The number of fused-ring (bicyclic) bond motifs is 1. The maximum Gasteiger partial charge on any atom is 0.265 e. The average Bonchev–Trinajstić information content (AvgIpc) is 2.82. The number of amides is 1. The first-order valence-electron chi connectivity index (χ1n) is 8.79. The predicted molar refractivity (Wildman–Crippen MR) is 107 cm³/mol. The molecular formula is C20H21N3O4S. The lowest BCUT2D eigenvalue weighted by molar-refractivity contribution is -0.122. The minimum absolute atomic E-state index is 0.147. The third-order valence-electron chi connectivity index (χ3n) is 4.44. The van der Waals surface area contributed by atoms with Gasteiger partial charge in [-0.05, 0) is 42.3 Å². The molecule has 0 saturated carbocycles. The van der Waals surface area contributed by atoms with Gasteiger partial charge in [-0.2, -0.15) is 5.26 Å². The first kappa shape index (κ1) is 19.7. The molecule has 0 fully saturated rings. The molecule has 1 aliphatic rings. The minimum atomic E-state index is -3.50. The molecule has 0 aromatic heterocycles. The van der Waals surface area contributed by atoms with Crippen molar-refractivity contribution in [1.29, 1.82) is 5.26 Å². The van der Waals surface area contributed by atoms with E-state index in [4.69, 9.17) is 10.00 Å². The molecule has 1 aliphatic heterocycles. The number of hydrogen-bond acceptors (Lipinski definition) is 5. The van der Waals surface area contributed by atoms with Crippen molar-refractivity contribution in [2.75, 3.05) is 22.4 Å². The molecule has 0 bridgehead atoms. The van der Waals surface area contributed by atoms with Crippen LogP contribution in [-0.4, -0.2) is 33.2 Å². The molecule has 28 heavy (non-hydrogen) atoms. The Labute approximate surface area is 164 Å². The highest BCUT2D eigenvalue weighted by molar-refractivity contribution is 7.92. The second-order valence-electron chi connectivity index (χ2n) is 6.72. The SMILES string of the molecule is Cc1ccc2c(c1)N(S(C)(=O)=O)CC[C@@H](C(=O)Nc1ccc(CC#N)cc1)O2. The van der Waals surface area contributed by atoms with Crippen LogP contribution in [0, 0.1) is 18.3 Å². The average molecular weight is 399 g/mol. The molecule has 3 rings (SSSR count). The Morgan fingerprint density at radius 3 is 2.64 bits per heavy atom. The number of nitrogens with one attached hydrogen (secondary N) is 1. The van der Waals surface area contributed by atoms with Gasteiger partial charge in [0, 0.05) is 18.7 Å². The molecule has 1 N–H and O–H groups in total. The summed E-state index contributed by atoms with van der Waals surface area (Å²) in [7, 11) is -3.50. The smallest absolute Gasteiger partial charge is 0.265 e. The van der Waals surface area contributed by atoms with Crippen molar-refractivity contribution in [2.45, 2.75) is 25.9 Å². The lowest BCUT2D eigenvalue weighted by atomic mass is 10.1. The fraction of sp³-hybridized carbons (Fsp3) is 0.300. The Morgan fingerprint density at radius 1 is 1.29 bits per heavy atom. The van der Waals surface area contributed by atoms with E-state index >= 15 is 0 Å². The molecular weight excluding hydrogens is 378 g/mol. The van der Waals surface area contributed by atoms with Gasteiger partial charge in [-0.3, -0.25) is 9.10 Å². The molecule has 8 heteroatoms. The maximum absolute atomic E-state index is 12.7. The van der Waals surface area contributed by atoms with Crippen molar-refractivity contribution in [3.63, 3.8) is 0 Å². The third kappa shape index (κ3) is 4.43. The summed E-state index contributed by atoms with van der Waals surface area (Å²) in [6.45, 7) is 2.01. The zero-order valence-electron chi connectivity index (χ0n) is 15.7. The summed E-state index contributed by atoms with van der Waals surface area (Å²) in [6.07, 6.45) is 0.839. The number of benzene rings is 2. The molecule has 0 radical (unpaired) electrons. The number of carbonyl (C=O) groups is 1. The summed E-state index contributed by atoms with van der Waals surface area (Å²) >= 11 is 0. The van der Waals surface area contributed by atoms with Crippen LogP contribution in [0.25, 0.3) is 0 Å². The standard InChI is InChI=1S/C20H21N3O4S/c1-14-3-8-18-17(13-14)23(28(2,25)26)12-10-19(27-18)20(24)22-16-6-4-15(5-7-16)9-11-21/h3-8,13,19H,9-10,12H2,1-2H3,(H,22,24)/t19-/m0/s1. The minimum Gasteiger partial charge on any atom is -0.478 e. The van der Waals surface area contributed by atoms with Crippen LogP contribution in [0.15, 0.2) is 42.5 Å². The van der Waals surface area contributed by atoms with Crippen molar-refractivity contribution in [2.24, 2.45) is 0 Å². The zero-order chi connectivity index (χ0) is 20.3. The number of carbonyl (C=O) groups excluding carboxylic acids is 1. The van der Waals surface area contributed by atoms with Crippen LogP contribution in [0.2, 0.25) is 0 Å². The second-order valence-corrected chi connectivity index (χ2v) is 8.63. The van der Waals surface area contributed by atoms with Crippen LogP contribution < -0.4 is 14.4 Å². The Kier molecular flexibility index (Phi) is 5.56. The molecule has 7 nitrogen and oxygen atoms in total. The number of hydrogen-bond donors (Lipinski definition) is 1. The fourth-order valence-electron chi connectivity index (χ4n) is 3.04. The summed E-state index contributed by atoms with van der Waals surface area (Å²) in [5, 5.41) is 11.5. The van der Waals surface area contributed by atoms with Crippen molar-refractivity contribution in [3.8, 4) is 11.8 Å². The van der Waals surface area contributed by atoms with Crippen LogP contribution in [0.5, 0.6) is 5.75 Å². The molecule has 0 unspecified atom stereocenters. The van der Waals surface area contributed by atoms with E-state index < -0.39 is 16.1 Å². The van der Waals surface area contributed by atoms with Crippen LogP contribution >= 0.6 is 0 Å². The van der Waals surface area contributed by atoms with Crippen LogP contribution in [-0.2, 0) is 21.2 Å². The molecule has 146 valence electrons. The van der Waals surface area contributed by atoms with E-state index in [9.17, 15) is 13.2 Å². The van der Waals surface area contributed by atoms with Crippen LogP contribution in [0.1, 0.15) is 17.5 Å². The number of sulfonamides is 1.